The van der Waals surface area contributed by atoms with Gasteiger partial charge in [0.05, 0.1) is 21.6 Å². The van der Waals surface area contributed by atoms with E-state index in [1.54, 1.807) is 45.0 Å². The molecule has 0 spiro atoms. The quantitative estimate of drug-likeness (QED) is 0.150. The summed E-state index contributed by atoms with van der Waals surface area (Å²) in [5, 5.41) is 17.8. The zero-order chi connectivity index (χ0) is 34.3. The second kappa shape index (κ2) is 15.5. The van der Waals surface area contributed by atoms with Crippen LogP contribution in [0.4, 0.5) is 28.4 Å². The van der Waals surface area contributed by atoms with Crippen molar-refractivity contribution in [3.8, 4) is 0 Å². The van der Waals surface area contributed by atoms with E-state index in [0.717, 1.165) is 24.3 Å². The van der Waals surface area contributed by atoms with Gasteiger partial charge in [-0.3, -0.25) is 14.9 Å². The van der Waals surface area contributed by atoms with Crippen LogP contribution in [0.2, 0.25) is 5.02 Å². The van der Waals surface area contributed by atoms with E-state index in [0.29, 0.717) is 10.6 Å². The van der Waals surface area contributed by atoms with Crippen LogP contribution in [-0.2, 0) is 31.8 Å². The Bertz CT molecular complexity index is 1410. The molecule has 1 aliphatic rings. The van der Waals surface area contributed by atoms with Gasteiger partial charge in [0.1, 0.15) is 18.2 Å². The molecular weight excluding hydrogens is 748 g/mol. The molecule has 4 amide bonds. The molecule has 1 saturated heterocycles. The molecule has 2 aromatic carbocycles. The summed E-state index contributed by atoms with van der Waals surface area (Å²) in [6.07, 6.45) is -6.37. The normalized spacial score (nSPS) is 19.1. The number of nitrogens with one attached hydrogen (secondary N) is 3. The largest absolute Gasteiger partial charge is 0.448 e. The SMILES string of the molecule is CC(C)(C)OC(=O)NC(CO)C(=O)N1CCC(COC(=O)Nc2ccc(C(F)(F)F)cc2)(C(=O)NCc2ccccc2Cl)CC1I. The number of alkyl halides is 4. The van der Waals surface area contributed by atoms with Gasteiger partial charge in [-0.05, 0) is 69.5 Å². The van der Waals surface area contributed by atoms with Gasteiger partial charge in [-0.1, -0.05) is 52.4 Å². The van der Waals surface area contributed by atoms with Crippen molar-refractivity contribution in [1.29, 1.82) is 0 Å². The zero-order valence-electron chi connectivity index (χ0n) is 25.2. The Morgan fingerprint density at radius 2 is 1.74 bits per heavy atom. The number of nitrogens with zero attached hydrogens (tertiary/aromatic N) is 1. The average Bonchev–Trinajstić information content (AvgIpc) is 2.97. The van der Waals surface area contributed by atoms with E-state index in [4.69, 9.17) is 21.1 Å². The van der Waals surface area contributed by atoms with Gasteiger partial charge in [-0.15, -0.1) is 0 Å². The van der Waals surface area contributed by atoms with Gasteiger partial charge in [0.2, 0.25) is 11.8 Å². The van der Waals surface area contributed by atoms with Gasteiger partial charge in [0.25, 0.3) is 0 Å². The summed E-state index contributed by atoms with van der Waals surface area (Å²) in [5.41, 5.74) is -2.35. The summed E-state index contributed by atoms with van der Waals surface area (Å²) < 4.78 is 48.6. The van der Waals surface area contributed by atoms with Crippen LogP contribution in [0, 0.1) is 5.41 Å². The third-order valence-corrected chi connectivity index (χ3v) is 8.48. The first-order valence-electron chi connectivity index (χ1n) is 14.1. The summed E-state index contributed by atoms with van der Waals surface area (Å²) >= 11 is 8.20. The minimum absolute atomic E-state index is 0.00232. The standard InChI is InChI=1S/C30H35ClF3IN4O7/c1-28(2,3)46-27(44)38-22(16-40)24(41)39-13-12-29(14-23(39)35,25(42)36-15-18-6-4-5-7-21(18)31)17-45-26(43)37-20-10-8-19(9-11-20)30(32,33)34/h4-11,22-23,40H,12-17H2,1-3H3,(H,36,42)(H,37,43)(H,38,44). The van der Waals surface area contributed by atoms with Crippen molar-refractivity contribution in [1.82, 2.24) is 15.5 Å². The van der Waals surface area contributed by atoms with Crippen molar-refractivity contribution in [3.63, 3.8) is 0 Å². The number of carbonyl (C=O) groups excluding carboxylic acids is 4. The van der Waals surface area contributed by atoms with E-state index in [1.165, 1.54) is 4.90 Å². The van der Waals surface area contributed by atoms with Crippen LogP contribution in [0.3, 0.4) is 0 Å². The third-order valence-electron chi connectivity index (χ3n) is 7.00. The van der Waals surface area contributed by atoms with Crippen molar-refractivity contribution in [2.24, 2.45) is 5.41 Å². The number of benzene rings is 2. The highest BCUT2D eigenvalue weighted by Crippen LogP contribution is 2.39. The highest BCUT2D eigenvalue weighted by Gasteiger charge is 2.48. The second-order valence-corrected chi connectivity index (χ2v) is 13.5. The fourth-order valence-corrected chi connectivity index (χ4v) is 6.20. The van der Waals surface area contributed by atoms with Crippen LogP contribution < -0.4 is 16.0 Å². The molecule has 0 aliphatic carbocycles. The lowest BCUT2D eigenvalue weighted by molar-refractivity contribution is -0.145. The van der Waals surface area contributed by atoms with Crippen LogP contribution in [0.25, 0.3) is 0 Å². The summed E-state index contributed by atoms with van der Waals surface area (Å²) in [6, 6.07) is 9.36. The first kappa shape index (κ1) is 37.2. The molecule has 3 unspecified atom stereocenters. The maximum atomic E-state index is 13.7. The lowest BCUT2D eigenvalue weighted by Crippen LogP contribution is -2.59. The van der Waals surface area contributed by atoms with Crippen molar-refractivity contribution >= 4 is 63.9 Å². The summed E-state index contributed by atoms with van der Waals surface area (Å²) in [6.45, 7) is 3.90. The van der Waals surface area contributed by atoms with Crippen molar-refractivity contribution < 1.29 is 46.9 Å². The van der Waals surface area contributed by atoms with Gasteiger partial charge >= 0.3 is 18.4 Å². The Labute approximate surface area is 282 Å². The molecule has 1 heterocycles. The topological polar surface area (TPSA) is 146 Å². The number of piperidine rings is 1. The third kappa shape index (κ3) is 10.4. The lowest BCUT2D eigenvalue weighted by Gasteiger charge is -2.44. The van der Waals surface area contributed by atoms with Crippen LogP contribution in [0.15, 0.2) is 48.5 Å². The van der Waals surface area contributed by atoms with Gasteiger partial charge in [0, 0.05) is 23.8 Å². The van der Waals surface area contributed by atoms with E-state index < -0.39 is 70.1 Å². The minimum atomic E-state index is -4.54. The predicted molar refractivity (Wildman–Crippen MR) is 171 cm³/mol. The molecule has 252 valence electrons. The molecular formula is C30H35ClF3IN4O7. The number of likely N-dealkylation sites (tertiary alicyclic amines) is 1. The Balaban J connectivity index is 1.74. The van der Waals surface area contributed by atoms with E-state index in [9.17, 15) is 37.5 Å². The number of ether oxygens (including phenoxy) is 2. The second-order valence-electron chi connectivity index (χ2n) is 11.6. The number of alkyl carbamates (subject to hydrolysis) is 1. The molecule has 0 radical (unpaired) electrons. The average molecular weight is 783 g/mol. The maximum Gasteiger partial charge on any atom is 0.416 e. The summed E-state index contributed by atoms with van der Waals surface area (Å²) in [5.74, 6) is -1.08. The zero-order valence-corrected chi connectivity index (χ0v) is 28.2. The molecule has 0 saturated carbocycles. The maximum absolute atomic E-state index is 13.7. The van der Waals surface area contributed by atoms with E-state index >= 15 is 0 Å². The summed E-state index contributed by atoms with van der Waals surface area (Å²) in [4.78, 5) is 53.4. The van der Waals surface area contributed by atoms with Crippen molar-refractivity contribution in [2.75, 3.05) is 25.1 Å². The number of carbonyl (C=O) groups is 4. The molecule has 3 atom stereocenters. The molecule has 46 heavy (non-hydrogen) atoms. The predicted octanol–water partition coefficient (Wildman–Crippen LogP) is 5.48. The smallest absolute Gasteiger partial charge is 0.416 e. The first-order valence-corrected chi connectivity index (χ1v) is 15.7. The minimum Gasteiger partial charge on any atom is -0.448 e. The number of halogens is 5. The molecule has 2 aromatic rings. The Morgan fingerprint density at radius 1 is 1.09 bits per heavy atom. The number of hydrogen-bond acceptors (Lipinski definition) is 7. The number of aliphatic hydroxyl groups excluding tert-OH is 1. The molecule has 1 fully saturated rings. The Morgan fingerprint density at radius 3 is 2.30 bits per heavy atom. The van der Waals surface area contributed by atoms with Crippen molar-refractivity contribution in [2.45, 2.75) is 62.0 Å². The van der Waals surface area contributed by atoms with Crippen LogP contribution in [-0.4, -0.2) is 69.5 Å². The van der Waals surface area contributed by atoms with Gasteiger partial charge in [-0.2, -0.15) is 13.2 Å². The van der Waals surface area contributed by atoms with Crippen LogP contribution >= 0.6 is 34.2 Å². The monoisotopic (exact) mass is 782 g/mol. The highest BCUT2D eigenvalue weighted by molar-refractivity contribution is 14.1. The number of amides is 4. The molecule has 16 heteroatoms. The van der Waals surface area contributed by atoms with Crippen LogP contribution in [0.1, 0.15) is 44.7 Å². The number of rotatable bonds is 9. The van der Waals surface area contributed by atoms with Gasteiger partial charge < -0.3 is 30.1 Å². The lowest BCUT2D eigenvalue weighted by atomic mass is 9.77. The molecule has 3 rings (SSSR count). The van der Waals surface area contributed by atoms with E-state index in [2.05, 4.69) is 16.0 Å². The summed E-state index contributed by atoms with van der Waals surface area (Å²) in [7, 11) is 0. The molecule has 0 aromatic heterocycles. The molecule has 0 bridgehead atoms. The first-order chi connectivity index (χ1) is 21.4. The van der Waals surface area contributed by atoms with Crippen LogP contribution in [0.5, 0.6) is 0 Å². The Hall–Kier alpha value is -3.31. The highest BCUT2D eigenvalue weighted by atomic mass is 127. The molecule has 4 N–H and O–H groups in total. The number of anilines is 1. The molecule has 11 nitrogen and oxygen atoms in total. The molecule has 1 aliphatic heterocycles. The number of aliphatic hydroxyl groups is 1. The fourth-order valence-electron chi connectivity index (χ4n) is 4.60. The van der Waals surface area contributed by atoms with E-state index in [-0.39, 0.29) is 31.6 Å². The fraction of sp³-hybridized carbons (Fsp3) is 0.467. The van der Waals surface area contributed by atoms with Gasteiger partial charge in [0.15, 0.2) is 0 Å². The Kier molecular flexibility index (Phi) is 12.5. The van der Waals surface area contributed by atoms with E-state index in [1.807, 2.05) is 22.6 Å². The van der Waals surface area contributed by atoms with Gasteiger partial charge in [-0.25, -0.2) is 9.59 Å². The number of hydrogen-bond donors (Lipinski definition) is 4. The van der Waals surface area contributed by atoms with Crippen molar-refractivity contribution in [3.05, 3.63) is 64.7 Å².